The maximum absolute atomic E-state index is 6.42. The average molecular weight is 705 g/mol. The Morgan fingerprint density at radius 3 is 1.40 bits per heavy atom. The molecule has 6 nitrogen and oxygen atoms in total. The van der Waals surface area contributed by atoms with Gasteiger partial charge in [-0.2, -0.15) is 0 Å². The molecule has 0 aliphatic heterocycles. The van der Waals surface area contributed by atoms with E-state index in [1.807, 2.05) is 6.07 Å². The second-order valence-corrected chi connectivity index (χ2v) is 14.4. The summed E-state index contributed by atoms with van der Waals surface area (Å²) in [6.45, 7) is 0. The van der Waals surface area contributed by atoms with Gasteiger partial charge >= 0.3 is 0 Å². The van der Waals surface area contributed by atoms with Gasteiger partial charge < -0.3 is 13.4 Å². The van der Waals surface area contributed by atoms with Crippen LogP contribution in [0.4, 0.5) is 0 Å². The van der Waals surface area contributed by atoms with E-state index in [9.17, 15) is 0 Å². The van der Waals surface area contributed by atoms with Crippen molar-refractivity contribution < 1.29 is 8.83 Å². The van der Waals surface area contributed by atoms with Gasteiger partial charge in [-0.15, -0.1) is 0 Å². The predicted octanol–water partition coefficient (Wildman–Crippen LogP) is 13.0. The lowest BCUT2D eigenvalue weighted by Crippen LogP contribution is -1.94. The van der Waals surface area contributed by atoms with Crippen LogP contribution >= 0.6 is 0 Å². The van der Waals surface area contributed by atoms with Crippen molar-refractivity contribution in [2.75, 3.05) is 0 Å². The Labute approximate surface area is 312 Å². The van der Waals surface area contributed by atoms with Crippen molar-refractivity contribution in [1.82, 2.24) is 18.5 Å². The Morgan fingerprint density at radius 1 is 0.345 bits per heavy atom. The highest BCUT2D eigenvalue weighted by Crippen LogP contribution is 2.39. The Morgan fingerprint density at radius 2 is 0.800 bits per heavy atom. The number of rotatable bonds is 3. The van der Waals surface area contributed by atoms with Gasteiger partial charge in [-0.3, -0.25) is 8.97 Å². The molecule has 5 heterocycles. The number of nitrogens with zero attached hydrogens (tertiary/aromatic N) is 4. The van der Waals surface area contributed by atoms with Gasteiger partial charge in [0.05, 0.1) is 38.8 Å². The van der Waals surface area contributed by atoms with Crippen molar-refractivity contribution in [3.05, 3.63) is 170 Å². The van der Waals surface area contributed by atoms with Crippen LogP contribution in [0.5, 0.6) is 0 Å². The van der Waals surface area contributed by atoms with Crippen molar-refractivity contribution in [3.63, 3.8) is 0 Å². The van der Waals surface area contributed by atoms with E-state index in [0.717, 1.165) is 94.2 Å². The van der Waals surface area contributed by atoms with Crippen molar-refractivity contribution in [1.29, 1.82) is 0 Å². The van der Waals surface area contributed by atoms with Crippen molar-refractivity contribution >= 4 is 93.5 Å². The molecule has 13 aromatic rings. The van der Waals surface area contributed by atoms with Crippen LogP contribution in [0.1, 0.15) is 0 Å². The van der Waals surface area contributed by atoms with Gasteiger partial charge in [-0.05, 0) is 108 Å². The zero-order chi connectivity index (χ0) is 35.8. The van der Waals surface area contributed by atoms with Crippen LogP contribution in [0.25, 0.3) is 116 Å². The van der Waals surface area contributed by atoms with Gasteiger partial charge in [-0.25, -0.2) is 4.98 Å². The summed E-state index contributed by atoms with van der Waals surface area (Å²) in [5.74, 6) is 0.886. The third kappa shape index (κ3) is 3.94. The molecule has 8 aromatic carbocycles. The number of furan rings is 2. The summed E-state index contributed by atoms with van der Waals surface area (Å²) in [7, 11) is 0. The first-order valence-electron chi connectivity index (χ1n) is 18.5. The highest BCUT2D eigenvalue weighted by atomic mass is 16.3. The monoisotopic (exact) mass is 704 g/mol. The summed E-state index contributed by atoms with van der Waals surface area (Å²) in [4.78, 5) is 5.09. The number of hydrogen-bond donors (Lipinski definition) is 0. The molecule has 0 atom stereocenters. The second kappa shape index (κ2) is 10.5. The summed E-state index contributed by atoms with van der Waals surface area (Å²) in [6, 6.07) is 60.0. The van der Waals surface area contributed by atoms with Crippen LogP contribution in [0.15, 0.2) is 179 Å². The lowest BCUT2D eigenvalue weighted by Gasteiger charge is -2.08. The Balaban J connectivity index is 0.970. The molecule has 6 heteroatoms. The fraction of sp³-hybridized carbons (Fsp3) is 0. The summed E-state index contributed by atoms with van der Waals surface area (Å²) < 4.78 is 19.7. The number of aromatic nitrogens is 4. The first-order chi connectivity index (χ1) is 27.2. The predicted molar refractivity (Wildman–Crippen MR) is 224 cm³/mol. The Hall–Kier alpha value is -7.57. The largest absolute Gasteiger partial charge is 0.456 e. The van der Waals surface area contributed by atoms with E-state index in [0.29, 0.717) is 0 Å². The lowest BCUT2D eigenvalue weighted by atomic mass is 10.0. The molecule has 13 rings (SSSR count). The SMILES string of the molecule is c1ccc2c(c1)nc1n(-c3ccc4oc5ccc(-c6ccc7oc8ccc(-n9c%10ccccc%10c%10ccccc%109)cc8c7c6)cc5c4c3)c3ccccc3n21. The smallest absolute Gasteiger partial charge is 0.220 e. The normalized spacial score (nSPS) is 12.4. The fourth-order valence-electron chi connectivity index (χ4n) is 8.97. The minimum Gasteiger partial charge on any atom is -0.456 e. The first kappa shape index (κ1) is 28.9. The van der Waals surface area contributed by atoms with Crippen LogP contribution in [-0.4, -0.2) is 18.5 Å². The molecular weight excluding hydrogens is 677 g/mol. The highest BCUT2D eigenvalue weighted by Gasteiger charge is 2.19. The Kier molecular flexibility index (Phi) is 5.54. The molecule has 0 radical (unpaired) electrons. The molecule has 0 saturated heterocycles. The minimum absolute atomic E-state index is 0.853. The molecule has 0 unspecified atom stereocenters. The maximum atomic E-state index is 6.42. The third-order valence-electron chi connectivity index (χ3n) is 11.4. The van der Waals surface area contributed by atoms with E-state index >= 15 is 0 Å². The minimum atomic E-state index is 0.853. The van der Waals surface area contributed by atoms with Crippen LogP contribution in [0, 0.1) is 0 Å². The summed E-state index contributed by atoms with van der Waals surface area (Å²) in [5.41, 5.74) is 14.5. The zero-order valence-corrected chi connectivity index (χ0v) is 29.3. The van der Waals surface area contributed by atoms with Crippen LogP contribution in [-0.2, 0) is 0 Å². The molecule has 0 N–H and O–H groups in total. The maximum Gasteiger partial charge on any atom is 0.220 e. The molecule has 0 aliphatic rings. The molecule has 0 saturated carbocycles. The summed E-state index contributed by atoms with van der Waals surface area (Å²) >= 11 is 0. The van der Waals surface area contributed by atoms with Crippen LogP contribution in [0.3, 0.4) is 0 Å². The Bertz CT molecular complexity index is 3690. The molecule has 256 valence electrons. The number of para-hydroxylation sites is 6. The van der Waals surface area contributed by atoms with Crippen LogP contribution in [0.2, 0.25) is 0 Å². The number of imidazole rings is 2. The summed E-state index contributed by atoms with van der Waals surface area (Å²) in [5, 5.41) is 6.81. The van der Waals surface area contributed by atoms with Crippen molar-refractivity contribution in [2.45, 2.75) is 0 Å². The topological polar surface area (TPSA) is 53.4 Å². The number of fused-ring (bicyclic) bond motifs is 14. The van der Waals surface area contributed by atoms with Gasteiger partial charge in [0, 0.05) is 38.0 Å². The van der Waals surface area contributed by atoms with Gasteiger partial charge in [0.25, 0.3) is 0 Å². The van der Waals surface area contributed by atoms with Gasteiger partial charge in [0.1, 0.15) is 22.3 Å². The molecule has 0 spiro atoms. The third-order valence-corrected chi connectivity index (χ3v) is 11.4. The number of benzene rings is 8. The van der Waals surface area contributed by atoms with Gasteiger partial charge in [0.2, 0.25) is 5.78 Å². The van der Waals surface area contributed by atoms with E-state index in [-0.39, 0.29) is 0 Å². The van der Waals surface area contributed by atoms with Gasteiger partial charge in [0.15, 0.2) is 0 Å². The first-order valence-corrected chi connectivity index (χ1v) is 18.5. The molecule has 0 amide bonds. The average Bonchev–Trinajstić information content (AvgIpc) is 4.04. The van der Waals surface area contributed by atoms with E-state index in [2.05, 4.69) is 177 Å². The molecule has 0 aliphatic carbocycles. The van der Waals surface area contributed by atoms with E-state index in [1.165, 1.54) is 21.8 Å². The molecular formula is C49H28N4O2. The quantitative estimate of drug-likeness (QED) is 0.184. The van der Waals surface area contributed by atoms with E-state index in [1.54, 1.807) is 0 Å². The van der Waals surface area contributed by atoms with E-state index < -0.39 is 0 Å². The second-order valence-electron chi connectivity index (χ2n) is 14.4. The molecule has 55 heavy (non-hydrogen) atoms. The van der Waals surface area contributed by atoms with Crippen molar-refractivity contribution in [3.8, 4) is 22.5 Å². The lowest BCUT2D eigenvalue weighted by molar-refractivity contribution is 0.668. The number of hydrogen-bond acceptors (Lipinski definition) is 3. The zero-order valence-electron chi connectivity index (χ0n) is 29.3. The summed E-state index contributed by atoms with van der Waals surface area (Å²) in [6.07, 6.45) is 0. The van der Waals surface area contributed by atoms with Gasteiger partial charge in [-0.1, -0.05) is 72.8 Å². The molecule has 0 fully saturated rings. The highest BCUT2D eigenvalue weighted by molar-refractivity contribution is 6.12. The van der Waals surface area contributed by atoms with Crippen molar-refractivity contribution in [2.24, 2.45) is 0 Å². The van der Waals surface area contributed by atoms with Crippen LogP contribution < -0.4 is 0 Å². The standard InChI is InChI=1S/C49H28N4O2/c1-4-12-40-33(9-1)34-10-2-5-13-41(34)51(40)31-19-23-47-37(27-31)35-25-29(17-21-45(35)54-47)30-18-22-46-36(26-30)38-28-32(20-24-48(38)55-46)52-43-15-7-8-16-44(43)53-42-14-6-3-11-39(42)50-49(52)53/h1-28H. The fourth-order valence-corrected chi connectivity index (χ4v) is 8.97. The molecule has 5 aromatic heterocycles. The van der Waals surface area contributed by atoms with E-state index in [4.69, 9.17) is 13.8 Å². The molecule has 0 bridgehead atoms.